The van der Waals surface area contributed by atoms with Gasteiger partial charge in [-0.3, -0.25) is 19.7 Å². The Morgan fingerprint density at radius 1 is 1.08 bits per heavy atom. The third kappa shape index (κ3) is 5.76. The Balaban J connectivity index is 0.00000186. The maximum absolute atomic E-state index is 13.6. The SMILES string of the molecule is CC.CC(=O)NC1(c2ccc(OCc3cc(C)ccc3C)cc2)CCN(CC2(C)NC(=O)NC2=O)C1=O. The van der Waals surface area contributed by atoms with Crippen LogP contribution in [0, 0.1) is 13.8 Å². The lowest BCUT2D eigenvalue weighted by molar-refractivity contribution is -0.138. The number of aryl methyl sites for hydroxylation is 2. The van der Waals surface area contributed by atoms with E-state index < -0.39 is 23.0 Å². The molecule has 9 nitrogen and oxygen atoms in total. The van der Waals surface area contributed by atoms with E-state index in [0.29, 0.717) is 30.9 Å². The van der Waals surface area contributed by atoms with E-state index in [-0.39, 0.29) is 18.4 Å². The second-order valence-corrected chi connectivity index (χ2v) is 9.55. The Hall–Kier alpha value is -3.88. The van der Waals surface area contributed by atoms with Gasteiger partial charge in [-0.05, 0) is 49.6 Å². The van der Waals surface area contributed by atoms with Crippen molar-refractivity contribution in [1.82, 2.24) is 20.9 Å². The van der Waals surface area contributed by atoms with Gasteiger partial charge in [-0.2, -0.15) is 0 Å². The molecule has 0 radical (unpaired) electrons. The van der Waals surface area contributed by atoms with E-state index in [0.717, 1.165) is 16.7 Å². The number of nitrogens with zero attached hydrogens (tertiary/aromatic N) is 1. The molecule has 2 fully saturated rings. The molecule has 2 aliphatic heterocycles. The van der Waals surface area contributed by atoms with Gasteiger partial charge >= 0.3 is 6.03 Å². The van der Waals surface area contributed by atoms with Crippen molar-refractivity contribution in [3.05, 3.63) is 64.7 Å². The zero-order valence-corrected chi connectivity index (χ0v) is 22.4. The molecular formula is C28H36N4O5. The number of amides is 5. The van der Waals surface area contributed by atoms with E-state index in [2.05, 4.69) is 34.1 Å². The molecule has 2 heterocycles. The average molecular weight is 509 g/mol. The largest absolute Gasteiger partial charge is 0.489 e. The quantitative estimate of drug-likeness (QED) is 0.497. The molecule has 2 atom stereocenters. The van der Waals surface area contributed by atoms with Crippen LogP contribution >= 0.6 is 0 Å². The third-order valence-corrected chi connectivity index (χ3v) is 6.67. The van der Waals surface area contributed by atoms with Gasteiger partial charge in [-0.25, -0.2) is 4.79 Å². The molecule has 0 aromatic heterocycles. The Bertz CT molecular complexity index is 1200. The summed E-state index contributed by atoms with van der Waals surface area (Å²) >= 11 is 0. The van der Waals surface area contributed by atoms with Gasteiger partial charge in [0.1, 0.15) is 23.4 Å². The predicted molar refractivity (Wildman–Crippen MR) is 140 cm³/mol. The molecule has 37 heavy (non-hydrogen) atoms. The highest BCUT2D eigenvalue weighted by atomic mass is 16.5. The summed E-state index contributed by atoms with van der Waals surface area (Å²) in [6, 6.07) is 12.8. The van der Waals surface area contributed by atoms with Crippen molar-refractivity contribution in [3.63, 3.8) is 0 Å². The van der Waals surface area contributed by atoms with Gasteiger partial charge in [-0.15, -0.1) is 0 Å². The first-order chi connectivity index (χ1) is 17.5. The molecule has 198 valence electrons. The summed E-state index contributed by atoms with van der Waals surface area (Å²) in [6.07, 6.45) is 0.333. The van der Waals surface area contributed by atoms with Crippen molar-refractivity contribution in [2.75, 3.05) is 13.1 Å². The summed E-state index contributed by atoms with van der Waals surface area (Å²) in [4.78, 5) is 51.0. The van der Waals surface area contributed by atoms with Crippen LogP contribution in [0.4, 0.5) is 4.79 Å². The number of urea groups is 1. The molecule has 2 unspecified atom stereocenters. The summed E-state index contributed by atoms with van der Waals surface area (Å²) < 4.78 is 5.96. The van der Waals surface area contributed by atoms with Crippen molar-refractivity contribution in [3.8, 4) is 5.75 Å². The molecule has 3 N–H and O–H groups in total. The van der Waals surface area contributed by atoms with Crippen molar-refractivity contribution in [2.24, 2.45) is 0 Å². The molecule has 0 bridgehead atoms. The second kappa shape index (κ2) is 11.0. The normalized spacial score (nSPS) is 22.6. The summed E-state index contributed by atoms with van der Waals surface area (Å²) in [5.74, 6) is -0.508. The van der Waals surface area contributed by atoms with Gasteiger partial charge in [0.2, 0.25) is 5.91 Å². The van der Waals surface area contributed by atoms with Crippen LogP contribution in [-0.2, 0) is 26.5 Å². The van der Waals surface area contributed by atoms with Crippen LogP contribution in [0.1, 0.15) is 56.4 Å². The Kier molecular flexibility index (Phi) is 8.25. The number of nitrogens with one attached hydrogen (secondary N) is 3. The van der Waals surface area contributed by atoms with Crippen LogP contribution in [0.5, 0.6) is 5.75 Å². The maximum Gasteiger partial charge on any atom is 0.322 e. The third-order valence-electron chi connectivity index (χ3n) is 6.67. The number of rotatable bonds is 7. The number of carbonyl (C=O) groups excluding carboxylic acids is 4. The van der Waals surface area contributed by atoms with E-state index in [4.69, 9.17) is 4.74 Å². The molecule has 5 amide bonds. The molecule has 0 aliphatic carbocycles. The molecule has 9 heteroatoms. The fourth-order valence-electron chi connectivity index (χ4n) is 4.71. The van der Waals surface area contributed by atoms with Crippen molar-refractivity contribution >= 4 is 23.8 Å². The van der Waals surface area contributed by atoms with Gasteiger partial charge in [0, 0.05) is 19.9 Å². The number of imide groups is 1. The fraction of sp³-hybridized carbons (Fsp3) is 0.429. The number of benzene rings is 2. The van der Waals surface area contributed by atoms with Gasteiger partial charge < -0.3 is 20.3 Å². The lowest BCUT2D eigenvalue weighted by atomic mass is 9.88. The standard InChI is InChI=1S/C26H30N4O5.C2H6/c1-16-5-6-17(2)19(13-16)14-35-21-9-7-20(8-10-21)26(28-18(3)31)11-12-30(23(26)33)15-25(4)22(32)27-24(34)29-25;1-2/h5-10,13H,11-12,14-15H2,1-4H3,(H,28,31)(H2,27,29,32,34);1-2H3. The molecular weight excluding hydrogens is 472 g/mol. The zero-order valence-electron chi connectivity index (χ0n) is 22.4. The first-order valence-corrected chi connectivity index (χ1v) is 12.5. The van der Waals surface area contributed by atoms with Crippen molar-refractivity contribution in [2.45, 2.75) is 65.6 Å². The molecule has 2 aliphatic rings. The van der Waals surface area contributed by atoms with E-state index in [1.807, 2.05) is 27.7 Å². The minimum atomic E-state index is -1.26. The molecule has 2 aromatic carbocycles. The minimum Gasteiger partial charge on any atom is -0.489 e. The predicted octanol–water partition coefficient (Wildman–Crippen LogP) is 3.07. The Labute approximate surface area is 217 Å². The summed E-state index contributed by atoms with van der Waals surface area (Å²) in [6.45, 7) is 11.8. The Morgan fingerprint density at radius 3 is 2.35 bits per heavy atom. The summed E-state index contributed by atoms with van der Waals surface area (Å²) in [7, 11) is 0. The van der Waals surface area contributed by atoms with Crippen molar-refractivity contribution < 1.29 is 23.9 Å². The molecule has 2 saturated heterocycles. The lowest BCUT2D eigenvalue weighted by Crippen LogP contribution is -2.56. The number of hydrogen-bond acceptors (Lipinski definition) is 5. The number of hydrogen-bond donors (Lipinski definition) is 3. The van der Waals surface area contributed by atoms with E-state index in [1.165, 1.54) is 11.8 Å². The number of likely N-dealkylation sites (tertiary alicyclic amines) is 1. The smallest absolute Gasteiger partial charge is 0.322 e. The highest BCUT2D eigenvalue weighted by molar-refractivity contribution is 6.07. The highest BCUT2D eigenvalue weighted by Crippen LogP contribution is 2.35. The van der Waals surface area contributed by atoms with Crippen molar-refractivity contribution in [1.29, 1.82) is 0 Å². The van der Waals surface area contributed by atoms with Crippen LogP contribution in [0.2, 0.25) is 0 Å². The fourth-order valence-corrected chi connectivity index (χ4v) is 4.71. The topological polar surface area (TPSA) is 117 Å². The van der Waals surface area contributed by atoms with Crippen LogP contribution in [0.25, 0.3) is 0 Å². The van der Waals surface area contributed by atoms with E-state index >= 15 is 0 Å². The molecule has 0 saturated carbocycles. The van der Waals surface area contributed by atoms with E-state index in [1.54, 1.807) is 31.2 Å². The van der Waals surface area contributed by atoms with Gasteiger partial charge in [0.05, 0.1) is 6.54 Å². The van der Waals surface area contributed by atoms with Crippen LogP contribution in [-0.4, -0.2) is 47.3 Å². The van der Waals surface area contributed by atoms with Crippen LogP contribution < -0.4 is 20.7 Å². The van der Waals surface area contributed by atoms with Gasteiger partial charge in [0.25, 0.3) is 11.8 Å². The van der Waals surface area contributed by atoms with Gasteiger partial charge in [0.15, 0.2) is 0 Å². The van der Waals surface area contributed by atoms with Crippen LogP contribution in [0.3, 0.4) is 0 Å². The average Bonchev–Trinajstić information content (AvgIpc) is 3.30. The Morgan fingerprint density at radius 2 is 1.76 bits per heavy atom. The molecule has 2 aromatic rings. The minimum absolute atomic E-state index is 0.00177. The van der Waals surface area contributed by atoms with E-state index in [9.17, 15) is 19.2 Å². The maximum atomic E-state index is 13.6. The molecule has 4 rings (SSSR count). The number of ether oxygens (including phenoxy) is 1. The van der Waals surface area contributed by atoms with Crippen LogP contribution in [0.15, 0.2) is 42.5 Å². The summed E-state index contributed by atoms with van der Waals surface area (Å²) in [5.41, 5.74) is 1.55. The monoisotopic (exact) mass is 508 g/mol. The molecule has 0 spiro atoms. The highest BCUT2D eigenvalue weighted by Gasteiger charge is 2.52. The lowest BCUT2D eigenvalue weighted by Gasteiger charge is -2.31. The second-order valence-electron chi connectivity index (χ2n) is 9.55. The van der Waals surface area contributed by atoms with Gasteiger partial charge in [-0.1, -0.05) is 49.7 Å². The first-order valence-electron chi connectivity index (χ1n) is 12.5. The first kappa shape index (κ1) is 27.7. The summed E-state index contributed by atoms with van der Waals surface area (Å²) in [5, 5.41) is 7.63. The zero-order chi connectivity index (χ0) is 27.4. The number of carbonyl (C=O) groups is 4.